The lowest BCUT2D eigenvalue weighted by atomic mass is 10.2. The quantitative estimate of drug-likeness (QED) is 0.616. The van der Waals surface area contributed by atoms with Crippen LogP contribution in [0.3, 0.4) is 0 Å². The summed E-state index contributed by atoms with van der Waals surface area (Å²) in [5.41, 5.74) is 5.56. The molecule has 0 aliphatic carbocycles. The Morgan fingerprint density at radius 1 is 1.60 bits per heavy atom. The van der Waals surface area contributed by atoms with E-state index in [1.165, 1.54) is 12.1 Å². The van der Waals surface area contributed by atoms with E-state index in [1.54, 1.807) is 6.92 Å². The summed E-state index contributed by atoms with van der Waals surface area (Å²) in [5.74, 6) is -1.01. The summed E-state index contributed by atoms with van der Waals surface area (Å²) in [5, 5.41) is 0. The Labute approximate surface area is 88.0 Å². The van der Waals surface area contributed by atoms with Crippen LogP contribution >= 0.6 is 0 Å². The molecule has 3 nitrogen and oxygen atoms in total. The van der Waals surface area contributed by atoms with Crippen LogP contribution in [-0.2, 0) is 4.74 Å². The lowest BCUT2D eigenvalue weighted by molar-refractivity contribution is 0.0334. The number of ether oxygens (including phenoxy) is 1. The molecule has 1 aromatic carbocycles. The summed E-state index contributed by atoms with van der Waals surface area (Å²) < 4.78 is 17.9. The van der Waals surface area contributed by atoms with Crippen molar-refractivity contribution in [2.45, 2.75) is 26.4 Å². The zero-order chi connectivity index (χ0) is 11.4. The van der Waals surface area contributed by atoms with Gasteiger partial charge in [0.2, 0.25) is 0 Å². The number of esters is 1. The first-order valence-corrected chi connectivity index (χ1v) is 4.80. The standard InChI is InChI=1S/C11H14FNO2/c1-3-7(2)15-11(14)8-4-5-9(12)10(13)6-8/h4-7H,3,13H2,1-2H3. The molecule has 0 saturated carbocycles. The molecule has 0 spiro atoms. The van der Waals surface area contributed by atoms with Crippen molar-refractivity contribution in [3.8, 4) is 0 Å². The summed E-state index contributed by atoms with van der Waals surface area (Å²) in [4.78, 5) is 11.5. The molecule has 1 rings (SSSR count). The van der Waals surface area contributed by atoms with Crippen LogP contribution in [0.5, 0.6) is 0 Å². The average Bonchev–Trinajstić information content (AvgIpc) is 2.21. The van der Waals surface area contributed by atoms with Crippen molar-refractivity contribution in [3.05, 3.63) is 29.6 Å². The van der Waals surface area contributed by atoms with E-state index in [0.717, 1.165) is 12.5 Å². The third-order valence-corrected chi connectivity index (χ3v) is 2.11. The molecular weight excluding hydrogens is 197 g/mol. The fourth-order valence-electron chi connectivity index (χ4n) is 1.00. The van der Waals surface area contributed by atoms with E-state index < -0.39 is 11.8 Å². The molecule has 1 unspecified atom stereocenters. The van der Waals surface area contributed by atoms with E-state index in [4.69, 9.17) is 10.5 Å². The van der Waals surface area contributed by atoms with E-state index in [9.17, 15) is 9.18 Å². The SMILES string of the molecule is CCC(C)OC(=O)c1ccc(F)c(N)c1. The summed E-state index contributed by atoms with van der Waals surface area (Å²) in [6.07, 6.45) is 0.589. The molecule has 0 aliphatic heterocycles. The zero-order valence-electron chi connectivity index (χ0n) is 8.79. The Bertz CT molecular complexity index is 366. The Balaban J connectivity index is 2.78. The second kappa shape index (κ2) is 4.77. The molecule has 2 N–H and O–H groups in total. The van der Waals surface area contributed by atoms with Crippen LogP contribution in [0.2, 0.25) is 0 Å². The summed E-state index contributed by atoms with van der Waals surface area (Å²) in [6.45, 7) is 3.71. The van der Waals surface area contributed by atoms with Crippen LogP contribution in [0.25, 0.3) is 0 Å². The number of carbonyl (C=O) groups is 1. The fourth-order valence-corrected chi connectivity index (χ4v) is 1.00. The predicted molar refractivity (Wildman–Crippen MR) is 56.0 cm³/mol. The van der Waals surface area contributed by atoms with Crippen LogP contribution in [0.1, 0.15) is 30.6 Å². The third kappa shape index (κ3) is 2.94. The van der Waals surface area contributed by atoms with E-state index >= 15 is 0 Å². The molecule has 0 saturated heterocycles. The maximum atomic E-state index is 12.8. The highest BCUT2D eigenvalue weighted by Gasteiger charge is 2.11. The maximum absolute atomic E-state index is 12.8. The lowest BCUT2D eigenvalue weighted by Crippen LogP contribution is -2.14. The van der Waals surface area contributed by atoms with Gasteiger partial charge in [-0.1, -0.05) is 6.92 Å². The van der Waals surface area contributed by atoms with Crippen LogP contribution in [0.15, 0.2) is 18.2 Å². The number of nitrogen functional groups attached to an aromatic ring is 1. The number of halogens is 1. The van der Waals surface area contributed by atoms with Gasteiger partial charge in [0.15, 0.2) is 0 Å². The van der Waals surface area contributed by atoms with Crippen molar-refractivity contribution in [2.75, 3.05) is 5.73 Å². The molecule has 0 aromatic heterocycles. The molecule has 15 heavy (non-hydrogen) atoms. The lowest BCUT2D eigenvalue weighted by Gasteiger charge is -2.10. The number of hydrogen-bond acceptors (Lipinski definition) is 3. The number of anilines is 1. The molecule has 4 heteroatoms. The van der Waals surface area contributed by atoms with Crippen molar-refractivity contribution >= 4 is 11.7 Å². The zero-order valence-corrected chi connectivity index (χ0v) is 8.79. The molecule has 1 aromatic rings. The van der Waals surface area contributed by atoms with E-state index in [2.05, 4.69) is 0 Å². The molecule has 0 heterocycles. The van der Waals surface area contributed by atoms with Crippen LogP contribution in [0, 0.1) is 5.82 Å². The van der Waals surface area contributed by atoms with Gasteiger partial charge in [-0.25, -0.2) is 9.18 Å². The van der Waals surface area contributed by atoms with Crippen LogP contribution in [-0.4, -0.2) is 12.1 Å². The van der Waals surface area contributed by atoms with E-state index in [1.807, 2.05) is 6.92 Å². The normalized spacial score (nSPS) is 12.2. The first kappa shape index (κ1) is 11.5. The maximum Gasteiger partial charge on any atom is 0.338 e. The number of rotatable bonds is 3. The van der Waals surface area contributed by atoms with Crippen molar-refractivity contribution in [1.82, 2.24) is 0 Å². The molecule has 1 atom stereocenters. The minimum Gasteiger partial charge on any atom is -0.459 e. The minimum atomic E-state index is -0.532. The average molecular weight is 211 g/mol. The van der Waals surface area contributed by atoms with E-state index in [0.29, 0.717) is 0 Å². The van der Waals surface area contributed by atoms with Gasteiger partial charge >= 0.3 is 5.97 Å². The van der Waals surface area contributed by atoms with Gasteiger partial charge in [-0.15, -0.1) is 0 Å². The minimum absolute atomic E-state index is 0.0476. The number of nitrogens with two attached hydrogens (primary N) is 1. The summed E-state index contributed by atoms with van der Waals surface area (Å²) in [6, 6.07) is 3.79. The number of benzene rings is 1. The summed E-state index contributed by atoms with van der Waals surface area (Å²) >= 11 is 0. The van der Waals surface area contributed by atoms with Crippen molar-refractivity contribution in [1.29, 1.82) is 0 Å². The number of carbonyl (C=O) groups excluding carboxylic acids is 1. The van der Waals surface area contributed by atoms with Crippen molar-refractivity contribution < 1.29 is 13.9 Å². The topological polar surface area (TPSA) is 52.3 Å². The molecule has 0 fully saturated rings. The molecule has 0 radical (unpaired) electrons. The third-order valence-electron chi connectivity index (χ3n) is 2.11. The van der Waals surface area contributed by atoms with Crippen molar-refractivity contribution in [2.24, 2.45) is 0 Å². The van der Waals surface area contributed by atoms with Gasteiger partial charge in [-0.05, 0) is 31.5 Å². The van der Waals surface area contributed by atoms with Gasteiger partial charge in [0.05, 0.1) is 17.4 Å². The Kier molecular flexibility index (Phi) is 3.66. The molecule has 0 bridgehead atoms. The predicted octanol–water partition coefficient (Wildman–Crippen LogP) is 2.36. The number of hydrogen-bond donors (Lipinski definition) is 1. The van der Waals surface area contributed by atoms with Gasteiger partial charge in [-0.2, -0.15) is 0 Å². The Morgan fingerprint density at radius 3 is 2.80 bits per heavy atom. The Morgan fingerprint density at radius 2 is 2.27 bits per heavy atom. The van der Waals surface area contributed by atoms with E-state index in [-0.39, 0.29) is 17.4 Å². The van der Waals surface area contributed by atoms with Gasteiger partial charge in [-0.3, -0.25) is 0 Å². The highest BCUT2D eigenvalue weighted by molar-refractivity contribution is 5.90. The first-order chi connectivity index (χ1) is 7.04. The monoisotopic (exact) mass is 211 g/mol. The molecule has 0 aliphatic rings. The smallest absolute Gasteiger partial charge is 0.338 e. The highest BCUT2D eigenvalue weighted by atomic mass is 19.1. The van der Waals surface area contributed by atoms with Crippen molar-refractivity contribution in [3.63, 3.8) is 0 Å². The molecular formula is C11H14FNO2. The summed E-state index contributed by atoms with van der Waals surface area (Å²) in [7, 11) is 0. The fraction of sp³-hybridized carbons (Fsp3) is 0.364. The van der Waals surface area contributed by atoms with Gasteiger partial charge in [0.25, 0.3) is 0 Å². The molecule has 82 valence electrons. The highest BCUT2D eigenvalue weighted by Crippen LogP contribution is 2.14. The second-order valence-corrected chi connectivity index (χ2v) is 3.36. The molecule has 0 amide bonds. The largest absolute Gasteiger partial charge is 0.459 e. The first-order valence-electron chi connectivity index (χ1n) is 4.80. The van der Waals surface area contributed by atoms with Gasteiger partial charge in [0, 0.05) is 0 Å². The Hall–Kier alpha value is -1.58. The van der Waals surface area contributed by atoms with Crippen LogP contribution in [0.4, 0.5) is 10.1 Å². The van der Waals surface area contributed by atoms with Gasteiger partial charge in [0.1, 0.15) is 5.82 Å². The van der Waals surface area contributed by atoms with Crippen LogP contribution < -0.4 is 5.73 Å². The second-order valence-electron chi connectivity index (χ2n) is 3.36. The van der Waals surface area contributed by atoms with Gasteiger partial charge < -0.3 is 10.5 Å².